The van der Waals surface area contributed by atoms with Gasteiger partial charge in [-0.1, -0.05) is 0 Å². The minimum absolute atomic E-state index is 0.0118. The van der Waals surface area contributed by atoms with Gasteiger partial charge in [-0.3, -0.25) is 0 Å². The maximum Gasteiger partial charge on any atom is 0.323 e. The molecule has 8 nitrogen and oxygen atoms in total. The molecule has 0 unspecified atom stereocenters. The van der Waals surface area contributed by atoms with E-state index in [1.54, 1.807) is 43.5 Å². The van der Waals surface area contributed by atoms with Crippen molar-refractivity contribution in [3.63, 3.8) is 0 Å². The third kappa shape index (κ3) is 6.22. The molecule has 4 rings (SSSR count). The Labute approximate surface area is 194 Å². The van der Waals surface area contributed by atoms with Crippen LogP contribution in [0.3, 0.4) is 0 Å². The summed E-state index contributed by atoms with van der Waals surface area (Å²) >= 11 is 0. The fraction of sp³-hybridized carbons (Fsp3) is 0.0833. The molecular formula is C24H21F2N7O. The van der Waals surface area contributed by atoms with Crippen molar-refractivity contribution in [1.82, 2.24) is 15.0 Å². The molecule has 2 aromatic heterocycles. The van der Waals surface area contributed by atoms with Crippen LogP contribution in [0, 0.1) is 25.5 Å². The molecule has 4 N–H and O–H groups in total. The fourth-order valence-corrected chi connectivity index (χ4v) is 3.14. The largest absolute Gasteiger partial charge is 0.340 e. The maximum absolute atomic E-state index is 13.3. The standard InChI is InChI=1S/C24H21F2N7O/c1-14-7-8-27-21(9-14)33-23-13-22(28-15(2)29-23)30-18-3-5-19(6-4-18)31-24(34)32-20-11-16(25)10-17(26)12-20/h3-13H,1-2H3,(H2,31,32,34)(H2,27,28,29,30,33). The first-order valence-corrected chi connectivity index (χ1v) is 10.3. The van der Waals surface area contributed by atoms with Crippen molar-refractivity contribution in [3.05, 3.63) is 89.9 Å². The van der Waals surface area contributed by atoms with Crippen LogP contribution in [0.1, 0.15) is 11.4 Å². The number of benzene rings is 2. The summed E-state index contributed by atoms with van der Waals surface area (Å²) in [4.78, 5) is 25.2. The number of urea groups is 1. The van der Waals surface area contributed by atoms with E-state index in [0.29, 0.717) is 29.0 Å². The molecule has 0 aliphatic heterocycles. The Hall–Kier alpha value is -4.60. The minimum atomic E-state index is -0.779. The van der Waals surface area contributed by atoms with Crippen LogP contribution in [-0.4, -0.2) is 21.0 Å². The second-order valence-corrected chi connectivity index (χ2v) is 7.47. The van der Waals surface area contributed by atoms with E-state index in [-0.39, 0.29) is 5.69 Å². The Bertz CT molecular complexity index is 1310. The number of carbonyl (C=O) groups excluding carboxylic acids is 1. The molecule has 10 heteroatoms. The number of anilines is 6. The van der Waals surface area contributed by atoms with E-state index < -0.39 is 17.7 Å². The highest BCUT2D eigenvalue weighted by atomic mass is 19.1. The van der Waals surface area contributed by atoms with Gasteiger partial charge in [0.2, 0.25) is 0 Å². The fourth-order valence-electron chi connectivity index (χ4n) is 3.14. The van der Waals surface area contributed by atoms with E-state index in [2.05, 4.69) is 36.2 Å². The SMILES string of the molecule is Cc1ccnc(Nc2cc(Nc3ccc(NC(=O)Nc4cc(F)cc(F)c4)cc3)nc(C)n2)c1. The number of hydrogen-bond donors (Lipinski definition) is 4. The molecule has 172 valence electrons. The van der Waals surface area contributed by atoms with Crippen molar-refractivity contribution in [1.29, 1.82) is 0 Å². The molecule has 2 amide bonds. The maximum atomic E-state index is 13.3. The van der Waals surface area contributed by atoms with Gasteiger partial charge in [0.1, 0.15) is 34.9 Å². The van der Waals surface area contributed by atoms with E-state index in [4.69, 9.17) is 0 Å². The Morgan fingerprint density at radius 2 is 1.32 bits per heavy atom. The first-order valence-electron chi connectivity index (χ1n) is 10.3. The number of nitrogens with zero attached hydrogens (tertiary/aromatic N) is 3. The van der Waals surface area contributed by atoms with Gasteiger partial charge >= 0.3 is 6.03 Å². The third-order valence-electron chi connectivity index (χ3n) is 4.55. The summed E-state index contributed by atoms with van der Waals surface area (Å²) in [6.45, 7) is 3.77. The van der Waals surface area contributed by atoms with Crippen LogP contribution < -0.4 is 21.3 Å². The first-order chi connectivity index (χ1) is 16.3. The Morgan fingerprint density at radius 3 is 2.00 bits per heavy atom. The highest BCUT2D eigenvalue weighted by Crippen LogP contribution is 2.22. The summed E-state index contributed by atoms with van der Waals surface area (Å²) in [5, 5.41) is 11.4. The zero-order valence-electron chi connectivity index (χ0n) is 18.4. The lowest BCUT2D eigenvalue weighted by molar-refractivity contribution is 0.262. The molecule has 0 aliphatic rings. The monoisotopic (exact) mass is 461 g/mol. The average Bonchev–Trinajstić information content (AvgIpc) is 2.74. The lowest BCUT2D eigenvalue weighted by Gasteiger charge is -2.11. The van der Waals surface area contributed by atoms with Crippen LogP contribution in [0.15, 0.2) is 66.9 Å². The minimum Gasteiger partial charge on any atom is -0.340 e. The molecule has 0 bridgehead atoms. The molecule has 2 aromatic carbocycles. The van der Waals surface area contributed by atoms with Gasteiger partial charge < -0.3 is 21.3 Å². The molecular weight excluding hydrogens is 440 g/mol. The number of hydrogen-bond acceptors (Lipinski definition) is 6. The smallest absolute Gasteiger partial charge is 0.323 e. The molecule has 0 saturated carbocycles. The van der Waals surface area contributed by atoms with Crippen LogP contribution in [0.4, 0.5) is 48.1 Å². The number of carbonyl (C=O) groups is 1. The summed E-state index contributed by atoms with van der Waals surface area (Å²) < 4.78 is 26.5. The highest BCUT2D eigenvalue weighted by molar-refractivity contribution is 5.99. The van der Waals surface area contributed by atoms with E-state index in [0.717, 1.165) is 29.4 Å². The average molecular weight is 461 g/mol. The molecule has 0 fully saturated rings. The van der Waals surface area contributed by atoms with E-state index >= 15 is 0 Å². The molecule has 0 aliphatic carbocycles. The Morgan fingerprint density at radius 1 is 0.706 bits per heavy atom. The van der Waals surface area contributed by atoms with Crippen LogP contribution in [-0.2, 0) is 0 Å². The number of nitrogens with one attached hydrogen (secondary N) is 4. The van der Waals surface area contributed by atoms with Gasteiger partial charge in [0.25, 0.3) is 0 Å². The van der Waals surface area contributed by atoms with Crippen molar-refractivity contribution in [2.24, 2.45) is 0 Å². The molecule has 34 heavy (non-hydrogen) atoms. The van der Waals surface area contributed by atoms with Crippen molar-refractivity contribution < 1.29 is 13.6 Å². The summed E-state index contributed by atoms with van der Waals surface area (Å²) in [6.07, 6.45) is 1.72. The summed E-state index contributed by atoms with van der Waals surface area (Å²) in [7, 11) is 0. The van der Waals surface area contributed by atoms with Gasteiger partial charge in [-0.2, -0.15) is 0 Å². The van der Waals surface area contributed by atoms with E-state index in [1.165, 1.54) is 0 Å². The van der Waals surface area contributed by atoms with Gasteiger partial charge in [-0.05, 0) is 67.9 Å². The predicted octanol–water partition coefficient (Wildman–Crippen LogP) is 5.90. The topological polar surface area (TPSA) is 104 Å². The summed E-state index contributed by atoms with van der Waals surface area (Å²) in [5.41, 5.74) is 2.31. The molecule has 0 atom stereocenters. The molecule has 0 spiro atoms. The normalized spacial score (nSPS) is 10.5. The van der Waals surface area contributed by atoms with E-state index in [9.17, 15) is 13.6 Å². The number of rotatable bonds is 6. The highest BCUT2D eigenvalue weighted by Gasteiger charge is 2.07. The van der Waals surface area contributed by atoms with Crippen LogP contribution in [0.2, 0.25) is 0 Å². The molecule has 0 radical (unpaired) electrons. The predicted molar refractivity (Wildman–Crippen MR) is 128 cm³/mol. The molecule has 0 saturated heterocycles. The van der Waals surface area contributed by atoms with Crippen LogP contribution in [0.5, 0.6) is 0 Å². The summed E-state index contributed by atoms with van der Waals surface area (Å²) in [5.74, 6) is 0.868. The molecule has 2 heterocycles. The number of halogens is 2. The van der Waals surface area contributed by atoms with Gasteiger partial charge in [0, 0.05) is 35.4 Å². The lowest BCUT2D eigenvalue weighted by Crippen LogP contribution is -2.19. The second kappa shape index (κ2) is 9.90. The molecule has 4 aromatic rings. The van der Waals surface area contributed by atoms with E-state index in [1.807, 2.05) is 19.1 Å². The zero-order chi connectivity index (χ0) is 24.1. The van der Waals surface area contributed by atoms with Gasteiger partial charge in [0.05, 0.1) is 0 Å². The number of aryl methyl sites for hydroxylation is 2. The van der Waals surface area contributed by atoms with Gasteiger partial charge in [0.15, 0.2) is 0 Å². The Kier molecular flexibility index (Phi) is 6.58. The van der Waals surface area contributed by atoms with Crippen molar-refractivity contribution in [2.45, 2.75) is 13.8 Å². The zero-order valence-corrected chi connectivity index (χ0v) is 18.4. The third-order valence-corrected chi connectivity index (χ3v) is 4.55. The number of pyridine rings is 1. The first kappa shape index (κ1) is 22.6. The van der Waals surface area contributed by atoms with Crippen molar-refractivity contribution in [3.8, 4) is 0 Å². The summed E-state index contributed by atoms with van der Waals surface area (Å²) in [6, 6.07) is 14.6. The number of aromatic nitrogens is 3. The van der Waals surface area contributed by atoms with Gasteiger partial charge in [-0.15, -0.1) is 0 Å². The second-order valence-electron chi connectivity index (χ2n) is 7.47. The quantitative estimate of drug-likeness (QED) is 0.285. The number of amides is 2. The van der Waals surface area contributed by atoms with Crippen molar-refractivity contribution >= 4 is 40.5 Å². The van der Waals surface area contributed by atoms with Gasteiger partial charge in [-0.25, -0.2) is 28.5 Å². The lowest BCUT2D eigenvalue weighted by atomic mass is 10.2. The Balaban J connectivity index is 1.39. The van der Waals surface area contributed by atoms with Crippen LogP contribution >= 0.6 is 0 Å². The van der Waals surface area contributed by atoms with Crippen LogP contribution in [0.25, 0.3) is 0 Å². The van der Waals surface area contributed by atoms with Crippen molar-refractivity contribution in [2.75, 3.05) is 21.3 Å².